The van der Waals surface area contributed by atoms with Gasteiger partial charge in [-0.15, -0.1) is 6.58 Å². The predicted octanol–water partition coefficient (Wildman–Crippen LogP) is 4.66. The molecule has 1 heterocycles. The minimum absolute atomic E-state index is 0.221. The SMILES string of the molecule is C=CCOC[C@H]1OC(O)[C@H](OCc2ccccc2)[C@@H](OCc2ccccc2)[C@@H]1OCc1ccccc1. The van der Waals surface area contributed by atoms with Gasteiger partial charge in [-0.2, -0.15) is 0 Å². The van der Waals surface area contributed by atoms with Gasteiger partial charge in [0.1, 0.15) is 24.4 Å². The first-order valence-corrected chi connectivity index (χ1v) is 12.2. The Labute approximate surface area is 213 Å². The Hall–Kier alpha value is -2.84. The summed E-state index contributed by atoms with van der Waals surface area (Å²) in [6, 6.07) is 29.6. The largest absolute Gasteiger partial charge is 0.375 e. The lowest BCUT2D eigenvalue weighted by atomic mass is 9.98. The molecule has 6 heteroatoms. The predicted molar refractivity (Wildman–Crippen MR) is 137 cm³/mol. The molecule has 1 unspecified atom stereocenters. The summed E-state index contributed by atoms with van der Waals surface area (Å²) < 4.78 is 30.7. The maximum Gasteiger partial charge on any atom is 0.184 e. The van der Waals surface area contributed by atoms with E-state index in [0.29, 0.717) is 26.4 Å². The van der Waals surface area contributed by atoms with E-state index in [1.165, 1.54) is 0 Å². The average molecular weight is 491 g/mol. The minimum atomic E-state index is -1.21. The number of ether oxygens (including phenoxy) is 5. The van der Waals surface area contributed by atoms with Crippen molar-refractivity contribution in [3.63, 3.8) is 0 Å². The van der Waals surface area contributed by atoms with Crippen molar-refractivity contribution in [2.75, 3.05) is 13.2 Å². The standard InChI is InChI=1S/C30H34O6/c1-2-18-32-22-26-27(33-19-23-12-6-3-7-13-23)28(34-20-24-14-8-4-9-15-24)29(30(31)36-26)35-21-25-16-10-5-11-17-25/h2-17,26-31H,1,18-22H2/t26-,27-,28+,29-,30?/m1/s1. The van der Waals surface area contributed by atoms with E-state index >= 15 is 0 Å². The van der Waals surface area contributed by atoms with Gasteiger partial charge in [-0.3, -0.25) is 0 Å². The van der Waals surface area contributed by atoms with Gasteiger partial charge in [-0.1, -0.05) is 97.1 Å². The van der Waals surface area contributed by atoms with Gasteiger partial charge in [0.05, 0.1) is 33.0 Å². The Morgan fingerprint density at radius 3 is 1.58 bits per heavy atom. The molecule has 0 saturated carbocycles. The van der Waals surface area contributed by atoms with Crippen molar-refractivity contribution in [3.05, 3.63) is 120 Å². The first-order chi connectivity index (χ1) is 17.7. The number of aliphatic hydroxyl groups excluding tert-OH is 1. The lowest BCUT2D eigenvalue weighted by molar-refractivity contribution is -0.316. The van der Waals surface area contributed by atoms with Gasteiger partial charge in [0.2, 0.25) is 0 Å². The molecule has 3 aromatic rings. The summed E-state index contributed by atoms with van der Waals surface area (Å²) in [4.78, 5) is 0. The van der Waals surface area contributed by atoms with Crippen LogP contribution in [-0.4, -0.2) is 49.0 Å². The van der Waals surface area contributed by atoms with E-state index in [2.05, 4.69) is 6.58 Å². The highest BCUT2D eigenvalue weighted by atomic mass is 16.7. The number of benzene rings is 3. The number of hydrogen-bond acceptors (Lipinski definition) is 6. The molecule has 0 amide bonds. The molecule has 1 saturated heterocycles. The normalized spacial score (nSPS) is 23.9. The van der Waals surface area contributed by atoms with E-state index in [1.54, 1.807) is 6.08 Å². The van der Waals surface area contributed by atoms with Crippen LogP contribution in [0.25, 0.3) is 0 Å². The smallest absolute Gasteiger partial charge is 0.184 e. The highest BCUT2D eigenvalue weighted by Gasteiger charge is 2.48. The van der Waals surface area contributed by atoms with Gasteiger partial charge in [-0.25, -0.2) is 0 Å². The van der Waals surface area contributed by atoms with Gasteiger partial charge >= 0.3 is 0 Å². The van der Waals surface area contributed by atoms with Crippen molar-refractivity contribution in [1.29, 1.82) is 0 Å². The van der Waals surface area contributed by atoms with Crippen LogP contribution in [0.1, 0.15) is 16.7 Å². The van der Waals surface area contributed by atoms with Crippen molar-refractivity contribution >= 4 is 0 Å². The molecular formula is C30H34O6. The molecule has 0 radical (unpaired) electrons. The molecule has 6 nitrogen and oxygen atoms in total. The Morgan fingerprint density at radius 1 is 0.667 bits per heavy atom. The summed E-state index contributed by atoms with van der Waals surface area (Å²) in [5.74, 6) is 0. The fourth-order valence-corrected chi connectivity index (χ4v) is 4.17. The molecule has 1 aliphatic heterocycles. The van der Waals surface area contributed by atoms with Gasteiger partial charge in [0, 0.05) is 0 Å². The van der Waals surface area contributed by atoms with Crippen LogP contribution in [-0.2, 0) is 43.5 Å². The van der Waals surface area contributed by atoms with Crippen LogP contribution in [0.5, 0.6) is 0 Å². The van der Waals surface area contributed by atoms with E-state index in [-0.39, 0.29) is 6.61 Å². The molecule has 1 aliphatic rings. The maximum atomic E-state index is 11.0. The number of hydrogen-bond donors (Lipinski definition) is 1. The molecule has 0 aromatic heterocycles. The second kappa shape index (κ2) is 14.0. The molecule has 0 bridgehead atoms. The van der Waals surface area contributed by atoms with Crippen molar-refractivity contribution < 1.29 is 28.8 Å². The zero-order valence-corrected chi connectivity index (χ0v) is 20.4. The summed E-state index contributed by atoms with van der Waals surface area (Å²) >= 11 is 0. The molecule has 1 fully saturated rings. The molecule has 36 heavy (non-hydrogen) atoms. The van der Waals surface area contributed by atoms with E-state index in [4.69, 9.17) is 23.7 Å². The van der Waals surface area contributed by atoms with Crippen LogP contribution < -0.4 is 0 Å². The molecule has 5 atom stereocenters. The third-order valence-corrected chi connectivity index (χ3v) is 5.98. The van der Waals surface area contributed by atoms with E-state index in [0.717, 1.165) is 16.7 Å². The fraction of sp³-hybridized carbons (Fsp3) is 0.333. The first-order valence-electron chi connectivity index (χ1n) is 12.2. The monoisotopic (exact) mass is 490 g/mol. The Balaban J connectivity index is 1.56. The maximum absolute atomic E-state index is 11.0. The van der Waals surface area contributed by atoms with Crippen molar-refractivity contribution in [2.45, 2.75) is 50.5 Å². The molecule has 4 rings (SSSR count). The van der Waals surface area contributed by atoms with E-state index in [9.17, 15) is 5.11 Å². The van der Waals surface area contributed by atoms with Crippen molar-refractivity contribution in [3.8, 4) is 0 Å². The van der Waals surface area contributed by atoms with Gasteiger partial charge < -0.3 is 28.8 Å². The zero-order chi connectivity index (χ0) is 25.0. The molecule has 190 valence electrons. The highest BCUT2D eigenvalue weighted by Crippen LogP contribution is 2.30. The Kier molecular flexibility index (Phi) is 10.2. The van der Waals surface area contributed by atoms with Crippen molar-refractivity contribution in [1.82, 2.24) is 0 Å². The second-order valence-electron chi connectivity index (χ2n) is 8.67. The molecule has 1 N–H and O–H groups in total. The van der Waals surface area contributed by atoms with E-state index < -0.39 is 30.7 Å². The summed E-state index contributed by atoms with van der Waals surface area (Å²) in [6.45, 7) is 5.30. The zero-order valence-electron chi connectivity index (χ0n) is 20.4. The van der Waals surface area contributed by atoms with Crippen LogP contribution in [0, 0.1) is 0 Å². The lowest BCUT2D eigenvalue weighted by Crippen LogP contribution is -2.61. The molecule has 0 aliphatic carbocycles. The van der Waals surface area contributed by atoms with Gasteiger partial charge in [-0.05, 0) is 16.7 Å². The van der Waals surface area contributed by atoms with Crippen LogP contribution in [0.4, 0.5) is 0 Å². The van der Waals surface area contributed by atoms with Crippen LogP contribution >= 0.6 is 0 Å². The van der Waals surface area contributed by atoms with Crippen molar-refractivity contribution in [2.24, 2.45) is 0 Å². The first kappa shape index (κ1) is 26.2. The van der Waals surface area contributed by atoms with Gasteiger partial charge in [0.15, 0.2) is 6.29 Å². The topological polar surface area (TPSA) is 66.4 Å². The molecule has 0 spiro atoms. The molecular weight excluding hydrogens is 456 g/mol. The lowest BCUT2D eigenvalue weighted by Gasteiger charge is -2.44. The second-order valence-corrected chi connectivity index (χ2v) is 8.67. The number of aliphatic hydroxyl groups is 1. The molecule has 3 aromatic carbocycles. The number of rotatable bonds is 13. The quantitative estimate of drug-likeness (QED) is 0.278. The average Bonchev–Trinajstić information content (AvgIpc) is 2.92. The van der Waals surface area contributed by atoms with Crippen LogP contribution in [0.2, 0.25) is 0 Å². The third-order valence-electron chi connectivity index (χ3n) is 5.98. The van der Waals surface area contributed by atoms with Crippen LogP contribution in [0.3, 0.4) is 0 Å². The Bertz CT molecular complexity index is 1010. The Morgan fingerprint density at radius 2 is 1.11 bits per heavy atom. The highest BCUT2D eigenvalue weighted by molar-refractivity contribution is 5.15. The van der Waals surface area contributed by atoms with Gasteiger partial charge in [0.25, 0.3) is 0 Å². The summed E-state index contributed by atoms with van der Waals surface area (Å²) in [5, 5.41) is 11.0. The fourth-order valence-electron chi connectivity index (χ4n) is 4.17. The third kappa shape index (κ3) is 7.58. The minimum Gasteiger partial charge on any atom is -0.375 e. The summed E-state index contributed by atoms with van der Waals surface area (Å²) in [7, 11) is 0. The van der Waals surface area contributed by atoms with Crippen LogP contribution in [0.15, 0.2) is 104 Å². The summed E-state index contributed by atoms with van der Waals surface area (Å²) in [6.07, 6.45) is -1.98. The van der Waals surface area contributed by atoms with E-state index in [1.807, 2.05) is 91.0 Å². The summed E-state index contributed by atoms with van der Waals surface area (Å²) in [5.41, 5.74) is 3.03.